The largest absolute Gasteiger partial charge is 0.0976 e. The van der Waals surface area contributed by atoms with Gasteiger partial charge in [-0.15, -0.1) is 0 Å². The molecule has 0 aromatic heterocycles. The topological polar surface area (TPSA) is 0 Å². The molecule has 1 aliphatic carbocycles. The Morgan fingerprint density at radius 3 is 1.85 bits per heavy atom. The number of allylic oxidation sites excluding steroid dienone is 6. The molecule has 0 heterocycles. The molecular weight excluding hydrogens is 180 g/mol. The van der Waals surface area contributed by atoms with Crippen LogP contribution < -0.4 is 0 Å². The number of hydrogen-bond donors (Lipinski definition) is 0. The zero-order valence-corrected chi connectivity index (χ0v) is 8.76. The SMILES string of the molecule is C1=C\CCCC\C=C/1.C=CC(=C)Cl. The maximum Gasteiger partial charge on any atom is 0.0328 e. The standard InChI is InChI=1S/C8H12.C4H5Cl/c1-2-4-6-8-7-5-3-1;1-3-4(2)5/h1-4H,5-8H2;3H,1-2H2/b3-1-,4-2-;. The van der Waals surface area contributed by atoms with E-state index >= 15 is 0 Å². The van der Waals surface area contributed by atoms with Crippen molar-refractivity contribution >= 4 is 11.6 Å². The van der Waals surface area contributed by atoms with Gasteiger partial charge in [-0.05, 0) is 25.7 Å². The molecule has 1 aliphatic rings. The van der Waals surface area contributed by atoms with E-state index < -0.39 is 0 Å². The average Bonchev–Trinajstić information content (AvgIpc) is 2.04. The quantitative estimate of drug-likeness (QED) is 0.538. The molecule has 0 bridgehead atoms. The van der Waals surface area contributed by atoms with Gasteiger partial charge in [-0.1, -0.05) is 55.1 Å². The predicted octanol–water partition coefficient (Wildman–Crippen LogP) is 4.60. The van der Waals surface area contributed by atoms with Gasteiger partial charge >= 0.3 is 0 Å². The van der Waals surface area contributed by atoms with E-state index in [4.69, 9.17) is 11.6 Å². The van der Waals surface area contributed by atoms with Crippen molar-refractivity contribution in [3.05, 3.63) is 48.6 Å². The van der Waals surface area contributed by atoms with Gasteiger partial charge in [0.15, 0.2) is 0 Å². The molecule has 0 atom stereocenters. The second kappa shape index (κ2) is 9.34. The van der Waals surface area contributed by atoms with Gasteiger partial charge in [0.2, 0.25) is 0 Å². The maximum absolute atomic E-state index is 5.15. The van der Waals surface area contributed by atoms with Crippen LogP contribution in [-0.4, -0.2) is 0 Å². The molecule has 1 heteroatoms. The van der Waals surface area contributed by atoms with E-state index in [-0.39, 0.29) is 0 Å². The van der Waals surface area contributed by atoms with Gasteiger partial charge in [0, 0.05) is 5.03 Å². The average molecular weight is 197 g/mol. The van der Waals surface area contributed by atoms with Gasteiger partial charge in [0.05, 0.1) is 0 Å². The minimum atomic E-state index is 0.491. The molecule has 72 valence electrons. The molecule has 0 radical (unpaired) electrons. The highest BCUT2D eigenvalue weighted by molar-refractivity contribution is 6.30. The van der Waals surface area contributed by atoms with Gasteiger partial charge in [-0.25, -0.2) is 0 Å². The highest BCUT2D eigenvalue weighted by Gasteiger charge is 1.84. The van der Waals surface area contributed by atoms with Crippen molar-refractivity contribution in [3.8, 4) is 0 Å². The molecule has 1 rings (SSSR count). The van der Waals surface area contributed by atoms with Crippen LogP contribution in [0.5, 0.6) is 0 Å². The van der Waals surface area contributed by atoms with Crippen LogP contribution in [0.3, 0.4) is 0 Å². The Kier molecular flexibility index (Phi) is 8.80. The fraction of sp³-hybridized carbons (Fsp3) is 0.333. The van der Waals surface area contributed by atoms with Crippen molar-refractivity contribution in [2.75, 3.05) is 0 Å². The van der Waals surface area contributed by atoms with Crippen molar-refractivity contribution in [1.29, 1.82) is 0 Å². The van der Waals surface area contributed by atoms with Crippen LogP contribution in [0.1, 0.15) is 25.7 Å². The normalized spacial score (nSPS) is 19.8. The lowest BCUT2D eigenvalue weighted by Crippen LogP contribution is -1.74. The monoisotopic (exact) mass is 196 g/mol. The molecule has 0 spiro atoms. The van der Waals surface area contributed by atoms with E-state index in [0.29, 0.717) is 5.03 Å². The van der Waals surface area contributed by atoms with Crippen LogP contribution in [0.15, 0.2) is 48.6 Å². The van der Waals surface area contributed by atoms with Crippen molar-refractivity contribution in [2.24, 2.45) is 0 Å². The van der Waals surface area contributed by atoms with Crippen molar-refractivity contribution < 1.29 is 0 Å². The predicted molar refractivity (Wildman–Crippen MR) is 61.9 cm³/mol. The lowest BCUT2D eigenvalue weighted by molar-refractivity contribution is 0.758. The summed E-state index contributed by atoms with van der Waals surface area (Å²) in [4.78, 5) is 0. The number of halogens is 1. The van der Waals surface area contributed by atoms with E-state index in [0.717, 1.165) is 0 Å². The highest BCUT2D eigenvalue weighted by atomic mass is 35.5. The second-order valence-electron chi connectivity index (χ2n) is 2.79. The van der Waals surface area contributed by atoms with Gasteiger partial charge < -0.3 is 0 Å². The van der Waals surface area contributed by atoms with Crippen LogP contribution in [0, 0.1) is 0 Å². The Morgan fingerprint density at radius 1 is 1.15 bits per heavy atom. The molecule has 0 aromatic carbocycles. The molecule has 0 saturated carbocycles. The third kappa shape index (κ3) is 11.2. The van der Waals surface area contributed by atoms with Gasteiger partial charge in [-0.3, -0.25) is 0 Å². The minimum Gasteiger partial charge on any atom is -0.0976 e. The smallest absolute Gasteiger partial charge is 0.0328 e. The van der Waals surface area contributed by atoms with Crippen LogP contribution in [0.4, 0.5) is 0 Å². The first-order valence-corrected chi connectivity index (χ1v) is 4.93. The molecule has 0 saturated heterocycles. The molecule has 13 heavy (non-hydrogen) atoms. The van der Waals surface area contributed by atoms with E-state index in [1.807, 2.05) is 0 Å². The first kappa shape index (κ1) is 12.2. The van der Waals surface area contributed by atoms with E-state index in [2.05, 4.69) is 37.5 Å². The summed E-state index contributed by atoms with van der Waals surface area (Å²) in [7, 11) is 0. The number of hydrogen-bond acceptors (Lipinski definition) is 0. The van der Waals surface area contributed by atoms with Crippen LogP contribution in [0.2, 0.25) is 0 Å². The van der Waals surface area contributed by atoms with Crippen LogP contribution in [0.25, 0.3) is 0 Å². The van der Waals surface area contributed by atoms with Crippen LogP contribution >= 0.6 is 11.6 Å². The van der Waals surface area contributed by atoms with Crippen molar-refractivity contribution in [3.63, 3.8) is 0 Å². The molecule has 0 amide bonds. The molecule has 0 nitrogen and oxygen atoms in total. The Labute approximate surface area is 86.3 Å². The molecule has 0 N–H and O–H groups in total. The second-order valence-corrected chi connectivity index (χ2v) is 3.28. The Balaban J connectivity index is 0.000000252. The van der Waals surface area contributed by atoms with Crippen molar-refractivity contribution in [1.82, 2.24) is 0 Å². The Bertz CT molecular complexity index is 185. The molecule has 0 fully saturated rings. The zero-order chi connectivity index (χ0) is 9.94. The summed E-state index contributed by atoms with van der Waals surface area (Å²) in [5.74, 6) is 0. The van der Waals surface area contributed by atoms with Gasteiger partial charge in [0.1, 0.15) is 0 Å². The summed E-state index contributed by atoms with van der Waals surface area (Å²) < 4.78 is 0. The Morgan fingerprint density at radius 2 is 1.54 bits per heavy atom. The summed E-state index contributed by atoms with van der Waals surface area (Å²) in [6, 6.07) is 0. The Hall–Kier alpha value is -0.750. The summed E-state index contributed by atoms with van der Waals surface area (Å²) in [5, 5.41) is 0.491. The number of rotatable bonds is 1. The van der Waals surface area contributed by atoms with E-state index in [1.165, 1.54) is 31.8 Å². The first-order chi connectivity index (χ1) is 6.27. The highest BCUT2D eigenvalue weighted by Crippen LogP contribution is 2.04. The summed E-state index contributed by atoms with van der Waals surface area (Å²) in [6.45, 7) is 6.65. The summed E-state index contributed by atoms with van der Waals surface area (Å²) >= 11 is 5.15. The lowest BCUT2D eigenvalue weighted by atomic mass is 10.1. The van der Waals surface area contributed by atoms with Crippen LogP contribution in [-0.2, 0) is 0 Å². The van der Waals surface area contributed by atoms with Gasteiger partial charge in [0.25, 0.3) is 0 Å². The fourth-order valence-corrected chi connectivity index (χ4v) is 0.874. The van der Waals surface area contributed by atoms with E-state index in [1.54, 1.807) is 0 Å². The van der Waals surface area contributed by atoms with E-state index in [9.17, 15) is 0 Å². The molecular formula is C12H17Cl. The molecule has 0 aliphatic heterocycles. The zero-order valence-electron chi connectivity index (χ0n) is 8.01. The van der Waals surface area contributed by atoms with Gasteiger partial charge in [-0.2, -0.15) is 0 Å². The molecule has 0 unspecified atom stereocenters. The summed E-state index contributed by atoms with van der Waals surface area (Å²) in [5.41, 5.74) is 0. The molecule has 0 aromatic rings. The third-order valence-electron chi connectivity index (χ3n) is 1.60. The summed E-state index contributed by atoms with van der Waals surface area (Å²) in [6.07, 6.45) is 15.5. The minimum absolute atomic E-state index is 0.491. The maximum atomic E-state index is 5.15. The first-order valence-electron chi connectivity index (χ1n) is 4.56. The fourth-order valence-electron chi connectivity index (χ4n) is 0.874. The van der Waals surface area contributed by atoms with Crippen molar-refractivity contribution in [2.45, 2.75) is 25.7 Å². The lowest BCUT2D eigenvalue weighted by Gasteiger charge is -1.94. The third-order valence-corrected chi connectivity index (χ3v) is 1.75.